The van der Waals surface area contributed by atoms with Crippen molar-refractivity contribution in [1.29, 1.82) is 0 Å². The molecule has 7 heteroatoms. The Morgan fingerprint density at radius 2 is 2.21 bits per heavy atom. The number of nitrogens with zero attached hydrogens (tertiary/aromatic N) is 1. The molecule has 2 rings (SSSR count). The van der Waals surface area contributed by atoms with Crippen LogP contribution in [-0.4, -0.2) is 23.0 Å². The summed E-state index contributed by atoms with van der Waals surface area (Å²) in [5.74, 6) is -0.138. The highest BCUT2D eigenvalue weighted by atomic mass is 32.1. The number of carbonyl (C=O) groups is 1. The van der Waals surface area contributed by atoms with Gasteiger partial charge in [0, 0.05) is 9.40 Å². The van der Waals surface area contributed by atoms with Crippen LogP contribution in [0.4, 0.5) is 0 Å². The number of oxime groups is 1. The third kappa shape index (κ3) is 2.87. The van der Waals surface area contributed by atoms with E-state index in [0.29, 0.717) is 4.88 Å². The van der Waals surface area contributed by atoms with Gasteiger partial charge in [0.15, 0.2) is 5.84 Å². The second-order valence-corrected chi connectivity index (χ2v) is 6.51. The van der Waals surface area contributed by atoms with E-state index >= 15 is 0 Å². The van der Waals surface area contributed by atoms with Crippen LogP contribution in [0, 0.1) is 5.92 Å². The van der Waals surface area contributed by atoms with Crippen LogP contribution in [0.2, 0.25) is 0 Å². The Kier molecular flexibility index (Phi) is 4.06. The van der Waals surface area contributed by atoms with Crippen molar-refractivity contribution in [2.45, 2.75) is 19.9 Å². The molecule has 0 fully saturated rings. The Labute approximate surface area is 118 Å². The smallest absolute Gasteiger partial charge is 0.262 e. The summed E-state index contributed by atoms with van der Waals surface area (Å²) in [5.41, 5.74) is 5.59. The Balaban J connectivity index is 2.17. The van der Waals surface area contributed by atoms with Gasteiger partial charge in [0.1, 0.15) is 0 Å². The normalized spacial score (nSPS) is 13.9. The number of amides is 1. The quantitative estimate of drug-likeness (QED) is 0.350. The first kappa shape index (κ1) is 13.8. The highest BCUT2D eigenvalue weighted by Crippen LogP contribution is 2.29. The maximum Gasteiger partial charge on any atom is 0.262 e. The zero-order valence-electron chi connectivity index (χ0n) is 10.6. The van der Waals surface area contributed by atoms with Crippen LogP contribution < -0.4 is 11.1 Å². The molecule has 0 aliphatic rings. The van der Waals surface area contributed by atoms with E-state index < -0.39 is 6.04 Å². The van der Waals surface area contributed by atoms with E-state index in [0.717, 1.165) is 9.40 Å². The first-order chi connectivity index (χ1) is 9.02. The molecule has 2 aromatic rings. The predicted molar refractivity (Wildman–Crippen MR) is 79.2 cm³/mol. The molecule has 1 amide bonds. The number of hydrogen-bond acceptors (Lipinski definition) is 5. The molecule has 0 spiro atoms. The van der Waals surface area contributed by atoms with Crippen LogP contribution >= 0.6 is 22.7 Å². The van der Waals surface area contributed by atoms with Crippen LogP contribution in [0.25, 0.3) is 9.40 Å². The lowest BCUT2D eigenvalue weighted by Crippen LogP contribution is -2.47. The highest BCUT2D eigenvalue weighted by Gasteiger charge is 2.22. The number of rotatable bonds is 4. The van der Waals surface area contributed by atoms with Crippen molar-refractivity contribution in [1.82, 2.24) is 5.32 Å². The summed E-state index contributed by atoms with van der Waals surface area (Å²) < 4.78 is 2.19. The van der Waals surface area contributed by atoms with Gasteiger partial charge in [-0.25, -0.2) is 0 Å². The molecule has 1 unspecified atom stereocenters. The summed E-state index contributed by atoms with van der Waals surface area (Å²) in [6.45, 7) is 3.80. The van der Waals surface area contributed by atoms with Crippen LogP contribution in [0.3, 0.4) is 0 Å². The fourth-order valence-electron chi connectivity index (χ4n) is 1.73. The maximum atomic E-state index is 12.2. The molecule has 0 bridgehead atoms. The van der Waals surface area contributed by atoms with Gasteiger partial charge >= 0.3 is 0 Å². The molecule has 0 radical (unpaired) electrons. The summed E-state index contributed by atoms with van der Waals surface area (Å²) in [5, 5.41) is 16.5. The van der Waals surface area contributed by atoms with Crippen molar-refractivity contribution in [3.63, 3.8) is 0 Å². The number of fused-ring (bicyclic) bond motifs is 1. The number of nitrogens with one attached hydrogen (secondary N) is 1. The lowest BCUT2D eigenvalue weighted by atomic mass is 10.0. The molecule has 102 valence electrons. The van der Waals surface area contributed by atoms with Gasteiger partial charge in [-0.1, -0.05) is 19.0 Å². The summed E-state index contributed by atoms with van der Waals surface area (Å²) in [6, 6.07) is 3.38. The second kappa shape index (κ2) is 5.58. The molecule has 4 N–H and O–H groups in total. The van der Waals surface area contributed by atoms with Crippen molar-refractivity contribution in [3.05, 3.63) is 22.4 Å². The first-order valence-corrected chi connectivity index (χ1v) is 7.48. The Morgan fingerprint density at radius 3 is 2.79 bits per heavy atom. The fourth-order valence-corrected chi connectivity index (χ4v) is 3.75. The van der Waals surface area contributed by atoms with Crippen molar-refractivity contribution < 1.29 is 10.0 Å². The number of hydrogen-bond donors (Lipinski definition) is 3. The third-order valence-electron chi connectivity index (χ3n) is 2.75. The molecule has 1 atom stereocenters. The van der Waals surface area contributed by atoms with Crippen LogP contribution in [0.1, 0.15) is 23.5 Å². The van der Waals surface area contributed by atoms with Crippen molar-refractivity contribution >= 4 is 43.8 Å². The standard InChI is InChI=1S/C12H15N3O2S2/c1-6(2)10(11(13)15-17)14-12(16)9-5-8-7(19-9)3-4-18-8/h3-6,10,17H,1-2H3,(H2,13,15)(H,14,16). The van der Waals surface area contributed by atoms with E-state index in [1.165, 1.54) is 11.3 Å². The summed E-state index contributed by atoms with van der Waals surface area (Å²) in [7, 11) is 0. The topological polar surface area (TPSA) is 87.7 Å². The highest BCUT2D eigenvalue weighted by molar-refractivity contribution is 7.27. The maximum absolute atomic E-state index is 12.2. The lowest BCUT2D eigenvalue weighted by Gasteiger charge is -2.20. The van der Waals surface area contributed by atoms with Gasteiger partial charge < -0.3 is 16.3 Å². The molecule has 0 aliphatic carbocycles. The van der Waals surface area contributed by atoms with Crippen molar-refractivity contribution in [3.8, 4) is 0 Å². The lowest BCUT2D eigenvalue weighted by molar-refractivity contribution is 0.0943. The van der Waals surface area contributed by atoms with Gasteiger partial charge in [0.25, 0.3) is 5.91 Å². The zero-order valence-corrected chi connectivity index (χ0v) is 12.2. The SMILES string of the molecule is CC(C)C(NC(=O)c1cc2sccc2s1)/C(N)=N/O. The van der Waals surface area contributed by atoms with Gasteiger partial charge in [-0.2, -0.15) is 0 Å². The molecule has 0 aromatic carbocycles. The molecule has 2 aromatic heterocycles. The van der Waals surface area contributed by atoms with Crippen LogP contribution in [-0.2, 0) is 0 Å². The van der Waals surface area contributed by atoms with Crippen molar-refractivity contribution in [2.75, 3.05) is 0 Å². The monoisotopic (exact) mass is 297 g/mol. The third-order valence-corrected chi connectivity index (χ3v) is 4.84. The Bertz CT molecular complexity index is 587. The van der Waals surface area contributed by atoms with Gasteiger partial charge in [-0.3, -0.25) is 4.79 Å². The first-order valence-electron chi connectivity index (χ1n) is 5.78. The number of nitrogens with two attached hydrogens (primary N) is 1. The number of amidine groups is 1. The summed E-state index contributed by atoms with van der Waals surface area (Å²) in [6.07, 6.45) is 0. The molecule has 0 aliphatic heterocycles. The molecular weight excluding hydrogens is 282 g/mol. The van der Waals surface area contributed by atoms with Crippen LogP contribution in [0.15, 0.2) is 22.7 Å². The van der Waals surface area contributed by atoms with Crippen LogP contribution in [0.5, 0.6) is 0 Å². The number of carbonyl (C=O) groups excluding carboxylic acids is 1. The minimum absolute atomic E-state index is 0.0155. The van der Waals surface area contributed by atoms with E-state index in [4.69, 9.17) is 10.9 Å². The molecular formula is C12H15N3O2S2. The number of thiophene rings is 2. The molecule has 2 heterocycles. The van der Waals surface area contributed by atoms with E-state index in [1.54, 1.807) is 11.3 Å². The molecule has 5 nitrogen and oxygen atoms in total. The van der Waals surface area contributed by atoms with E-state index in [2.05, 4.69) is 10.5 Å². The zero-order chi connectivity index (χ0) is 14.0. The van der Waals surface area contributed by atoms with Gasteiger partial charge in [-0.05, 0) is 23.4 Å². The average Bonchev–Trinajstić information content (AvgIpc) is 2.94. The van der Waals surface area contributed by atoms with E-state index in [1.807, 2.05) is 31.4 Å². The summed E-state index contributed by atoms with van der Waals surface area (Å²) in [4.78, 5) is 12.8. The second-order valence-electron chi connectivity index (χ2n) is 4.48. The fraction of sp³-hybridized carbons (Fsp3) is 0.333. The Hall–Kier alpha value is -1.60. The predicted octanol–water partition coefficient (Wildman–Crippen LogP) is 2.46. The molecule has 19 heavy (non-hydrogen) atoms. The van der Waals surface area contributed by atoms with E-state index in [9.17, 15) is 4.79 Å². The molecule has 0 saturated heterocycles. The van der Waals surface area contributed by atoms with Gasteiger partial charge in [0.05, 0.1) is 10.9 Å². The Morgan fingerprint density at radius 1 is 1.47 bits per heavy atom. The van der Waals surface area contributed by atoms with Gasteiger partial charge in [0.2, 0.25) is 0 Å². The average molecular weight is 297 g/mol. The largest absolute Gasteiger partial charge is 0.409 e. The minimum Gasteiger partial charge on any atom is -0.409 e. The minimum atomic E-state index is -0.474. The molecule has 0 saturated carbocycles. The van der Waals surface area contributed by atoms with Crippen molar-refractivity contribution in [2.24, 2.45) is 16.8 Å². The van der Waals surface area contributed by atoms with E-state index in [-0.39, 0.29) is 17.7 Å². The summed E-state index contributed by atoms with van der Waals surface area (Å²) >= 11 is 3.04. The van der Waals surface area contributed by atoms with Gasteiger partial charge in [-0.15, -0.1) is 22.7 Å².